The Morgan fingerprint density at radius 1 is 0.902 bits per heavy atom. The van der Waals surface area contributed by atoms with Crippen LogP contribution in [-0.2, 0) is 60.4 Å². The lowest BCUT2D eigenvalue weighted by Gasteiger charge is -2.33. The minimum absolute atomic E-state index is 0.0270. The second kappa shape index (κ2) is 25.7. The van der Waals surface area contributed by atoms with Crippen molar-refractivity contribution in [2.45, 2.75) is 101 Å². The monoisotopic (exact) mass is 858 g/mol. The van der Waals surface area contributed by atoms with Crippen LogP contribution in [0.4, 0.5) is 4.79 Å². The van der Waals surface area contributed by atoms with E-state index in [1.165, 1.54) is 11.2 Å². The number of likely N-dealkylation sites (tertiary alicyclic amines) is 1. The first kappa shape index (κ1) is 47.9. The number of amides is 4. The lowest BCUT2D eigenvalue weighted by atomic mass is 9.83. The normalized spacial score (nSPS) is 21.5. The Hall–Kier alpha value is -4.17. The molecule has 1 aromatic carbocycles. The molecular weight excluding hydrogens is 793 g/mol. The minimum atomic E-state index is -1.17. The molecule has 2 aliphatic heterocycles. The SMILES string of the molecule is CCN1C[C@@H]([C@H](O)[C@H](CC2CCCCC2)NC(=O)[C@H](Cc2cnc[nH]2)NC(=O)[C@H](CC(=O)N2C[C@H](OCOCCOC)[C@H](OCOCCOC)C2)Cc2ccccc2)OC1=O. The molecule has 2 saturated heterocycles. The Morgan fingerprint density at radius 3 is 2.16 bits per heavy atom. The van der Waals surface area contributed by atoms with E-state index < -0.39 is 60.3 Å². The van der Waals surface area contributed by atoms with Gasteiger partial charge in [0.25, 0.3) is 0 Å². The van der Waals surface area contributed by atoms with Crippen LogP contribution in [0, 0.1) is 11.8 Å². The first-order valence-electron chi connectivity index (χ1n) is 21.6. The van der Waals surface area contributed by atoms with Gasteiger partial charge in [-0.25, -0.2) is 9.78 Å². The molecule has 1 aromatic heterocycles. The van der Waals surface area contributed by atoms with Crippen molar-refractivity contribution in [2.24, 2.45) is 11.8 Å². The summed E-state index contributed by atoms with van der Waals surface area (Å²) in [5.74, 6) is -1.87. The number of aromatic nitrogens is 2. The second-order valence-electron chi connectivity index (χ2n) is 16.0. The Bertz CT molecular complexity index is 1580. The van der Waals surface area contributed by atoms with Crippen molar-refractivity contribution >= 4 is 23.8 Å². The average Bonchev–Trinajstić information content (AvgIpc) is 4.03. The van der Waals surface area contributed by atoms with Gasteiger partial charge in [0.15, 0.2) is 0 Å². The highest BCUT2D eigenvalue weighted by Gasteiger charge is 2.42. The number of carbonyl (C=O) groups excluding carboxylic acids is 4. The number of imidazole rings is 1. The third-order valence-corrected chi connectivity index (χ3v) is 11.6. The van der Waals surface area contributed by atoms with Gasteiger partial charge in [-0.3, -0.25) is 14.4 Å². The van der Waals surface area contributed by atoms with Crippen LogP contribution in [0.15, 0.2) is 42.9 Å². The van der Waals surface area contributed by atoms with E-state index in [2.05, 4.69) is 20.6 Å². The molecule has 3 aliphatic rings. The fourth-order valence-electron chi connectivity index (χ4n) is 8.13. The molecule has 61 heavy (non-hydrogen) atoms. The highest BCUT2D eigenvalue weighted by Crippen LogP contribution is 2.30. The zero-order valence-electron chi connectivity index (χ0n) is 35.9. The molecule has 1 saturated carbocycles. The number of aliphatic hydroxyl groups is 1. The maximum atomic E-state index is 14.5. The number of nitrogens with one attached hydrogen (secondary N) is 3. The van der Waals surface area contributed by atoms with E-state index in [0.717, 1.165) is 37.7 Å². The number of H-pyrrole nitrogens is 1. The summed E-state index contributed by atoms with van der Waals surface area (Å²) in [7, 11) is 3.16. The van der Waals surface area contributed by atoms with Gasteiger partial charge in [0.2, 0.25) is 17.7 Å². The number of hydrogen-bond acceptors (Lipinski definition) is 13. The second-order valence-corrected chi connectivity index (χ2v) is 16.0. The molecule has 3 heterocycles. The third kappa shape index (κ3) is 15.3. The average molecular weight is 859 g/mol. The molecule has 18 nitrogen and oxygen atoms in total. The molecule has 2 aromatic rings. The van der Waals surface area contributed by atoms with Gasteiger partial charge >= 0.3 is 6.09 Å². The zero-order chi connectivity index (χ0) is 43.4. The zero-order valence-corrected chi connectivity index (χ0v) is 35.9. The van der Waals surface area contributed by atoms with E-state index in [-0.39, 0.29) is 64.3 Å². The number of benzene rings is 1. The predicted molar refractivity (Wildman–Crippen MR) is 221 cm³/mol. The largest absolute Gasteiger partial charge is 0.441 e. The predicted octanol–water partition coefficient (Wildman–Crippen LogP) is 2.20. The van der Waals surface area contributed by atoms with E-state index in [1.807, 2.05) is 37.3 Å². The van der Waals surface area contributed by atoms with E-state index >= 15 is 0 Å². The first-order chi connectivity index (χ1) is 29.7. The Kier molecular flexibility index (Phi) is 20.2. The number of hydrogen-bond donors (Lipinski definition) is 4. The van der Waals surface area contributed by atoms with Gasteiger partial charge in [0.1, 0.15) is 44.0 Å². The molecule has 18 heteroatoms. The number of nitrogens with zero attached hydrogens (tertiary/aromatic N) is 3. The number of rotatable bonds is 27. The number of carbonyl (C=O) groups is 4. The summed E-state index contributed by atoms with van der Waals surface area (Å²) < 4.78 is 38.7. The summed E-state index contributed by atoms with van der Waals surface area (Å²) in [6, 6.07) is 7.55. The van der Waals surface area contributed by atoms with Gasteiger partial charge in [-0.15, -0.1) is 0 Å². The molecule has 0 unspecified atom stereocenters. The fourth-order valence-corrected chi connectivity index (χ4v) is 8.13. The number of ether oxygens (including phenoxy) is 7. The van der Waals surface area contributed by atoms with Crippen LogP contribution in [0.2, 0.25) is 0 Å². The lowest BCUT2D eigenvalue weighted by Crippen LogP contribution is -2.57. The van der Waals surface area contributed by atoms with Gasteiger partial charge < -0.3 is 63.7 Å². The van der Waals surface area contributed by atoms with Crippen molar-refractivity contribution in [1.82, 2.24) is 30.4 Å². The Morgan fingerprint density at radius 2 is 1.57 bits per heavy atom. The summed E-state index contributed by atoms with van der Waals surface area (Å²) in [4.78, 5) is 65.8. The first-order valence-corrected chi connectivity index (χ1v) is 21.6. The standard InChI is InChI=1S/C43H66N6O12/c1-4-48-26-38(61-43(48)54)40(51)34(20-31-13-9-6-10-14-31)46-42(53)35(22-33-23-44-27-45-33)47-41(52)32(19-30-11-7-5-8-12-30)21-39(50)49-24-36(59-28-57-17-15-55-2)37(25-49)60-29-58-18-16-56-3/h5,7-8,11-12,23,27,31-32,34-38,40,51H,4,6,9-10,13-22,24-26,28-29H2,1-3H3,(H,44,45)(H,46,53)(H,47,52)/t32-,34-,35-,36-,37+,38-,40+/m0/s1. The smallest absolute Gasteiger partial charge is 0.410 e. The molecule has 7 atom stereocenters. The van der Waals surface area contributed by atoms with Crippen molar-refractivity contribution in [1.29, 1.82) is 0 Å². The lowest BCUT2D eigenvalue weighted by molar-refractivity contribution is -0.156. The van der Waals surface area contributed by atoms with Crippen molar-refractivity contribution in [3.05, 3.63) is 54.1 Å². The topological polar surface area (TPSA) is 212 Å². The fraction of sp³-hybridized carbons (Fsp3) is 0.698. The molecule has 0 radical (unpaired) electrons. The molecule has 4 N–H and O–H groups in total. The van der Waals surface area contributed by atoms with Crippen molar-refractivity contribution < 1.29 is 57.4 Å². The van der Waals surface area contributed by atoms with Gasteiger partial charge in [-0.05, 0) is 31.2 Å². The van der Waals surface area contributed by atoms with E-state index in [0.29, 0.717) is 45.1 Å². The highest BCUT2D eigenvalue weighted by atomic mass is 16.7. The number of methoxy groups -OCH3 is 2. The maximum Gasteiger partial charge on any atom is 0.410 e. The van der Waals surface area contributed by atoms with Crippen LogP contribution < -0.4 is 10.6 Å². The maximum absolute atomic E-state index is 14.5. The summed E-state index contributed by atoms with van der Waals surface area (Å²) in [5.41, 5.74) is 1.45. The van der Waals surface area contributed by atoms with E-state index in [1.54, 1.807) is 25.3 Å². The molecule has 4 amide bonds. The van der Waals surface area contributed by atoms with Crippen LogP contribution in [0.5, 0.6) is 0 Å². The summed E-state index contributed by atoms with van der Waals surface area (Å²) >= 11 is 0. The van der Waals surface area contributed by atoms with E-state index in [4.69, 9.17) is 33.2 Å². The Labute approximate surface area is 358 Å². The van der Waals surface area contributed by atoms with Crippen LogP contribution >= 0.6 is 0 Å². The van der Waals surface area contributed by atoms with Crippen LogP contribution in [0.25, 0.3) is 0 Å². The number of aromatic amines is 1. The summed E-state index contributed by atoms with van der Waals surface area (Å²) in [6.07, 6.45) is 5.38. The van der Waals surface area contributed by atoms with Crippen molar-refractivity contribution in [2.75, 3.05) is 80.4 Å². The van der Waals surface area contributed by atoms with Gasteiger partial charge in [-0.2, -0.15) is 0 Å². The van der Waals surface area contributed by atoms with Gasteiger partial charge in [0, 0.05) is 58.6 Å². The molecular formula is C43H66N6O12. The van der Waals surface area contributed by atoms with Crippen LogP contribution in [0.1, 0.15) is 63.1 Å². The number of cyclic esters (lactones) is 1. The quantitative estimate of drug-likeness (QED) is 0.0751. The molecule has 5 rings (SSSR count). The third-order valence-electron chi connectivity index (χ3n) is 11.6. The minimum Gasteiger partial charge on any atom is -0.441 e. The van der Waals surface area contributed by atoms with Crippen molar-refractivity contribution in [3.8, 4) is 0 Å². The molecule has 0 spiro atoms. The van der Waals surface area contributed by atoms with Gasteiger partial charge in [-0.1, -0.05) is 62.4 Å². The Balaban J connectivity index is 1.31. The van der Waals surface area contributed by atoms with Crippen LogP contribution in [-0.4, -0.2) is 166 Å². The molecule has 340 valence electrons. The molecule has 1 aliphatic carbocycles. The molecule has 0 bridgehead atoms. The number of aliphatic hydroxyl groups excluding tert-OH is 1. The molecule has 3 fully saturated rings. The highest BCUT2D eigenvalue weighted by molar-refractivity contribution is 5.91. The summed E-state index contributed by atoms with van der Waals surface area (Å²) in [5, 5.41) is 17.7. The van der Waals surface area contributed by atoms with Crippen molar-refractivity contribution in [3.63, 3.8) is 0 Å². The van der Waals surface area contributed by atoms with E-state index in [9.17, 15) is 24.3 Å². The number of likely N-dealkylation sites (N-methyl/N-ethyl adjacent to an activating group) is 1. The van der Waals surface area contributed by atoms with Gasteiger partial charge in [0.05, 0.1) is 51.3 Å². The summed E-state index contributed by atoms with van der Waals surface area (Å²) in [6.45, 7) is 4.31. The van der Waals surface area contributed by atoms with Crippen LogP contribution in [0.3, 0.4) is 0 Å².